The molecule has 0 bridgehead atoms. The molecule has 4 heteroatoms. The molecule has 4 nitrogen and oxygen atoms in total. The Kier molecular flexibility index (Phi) is 6.51. The summed E-state index contributed by atoms with van der Waals surface area (Å²) >= 11 is 0. The van der Waals surface area contributed by atoms with Crippen molar-refractivity contribution in [3.05, 3.63) is 35.4 Å². The second kappa shape index (κ2) is 8.61. The topological polar surface area (TPSA) is 58.6 Å². The minimum Gasteiger partial charge on any atom is -0.504 e. The minimum absolute atomic E-state index is 0.0828. The van der Waals surface area contributed by atoms with Gasteiger partial charge in [0.1, 0.15) is 0 Å². The van der Waals surface area contributed by atoms with Crippen molar-refractivity contribution in [3.63, 3.8) is 0 Å². The molecule has 23 heavy (non-hydrogen) atoms. The Morgan fingerprint density at radius 1 is 1.43 bits per heavy atom. The second-order valence-electron chi connectivity index (χ2n) is 6.16. The molecule has 1 aromatic carbocycles. The van der Waals surface area contributed by atoms with E-state index < -0.39 is 0 Å². The van der Waals surface area contributed by atoms with Crippen molar-refractivity contribution in [2.24, 2.45) is 5.92 Å². The number of nitrogens with one attached hydrogen (secondary N) is 1. The van der Waals surface area contributed by atoms with Gasteiger partial charge in [0.15, 0.2) is 11.5 Å². The molecule has 1 aliphatic rings. The maximum atomic E-state index is 12.3. The molecule has 126 valence electrons. The van der Waals surface area contributed by atoms with Gasteiger partial charge >= 0.3 is 0 Å². The summed E-state index contributed by atoms with van der Waals surface area (Å²) in [6.45, 7) is 2.66. The van der Waals surface area contributed by atoms with E-state index in [1.165, 1.54) is 31.9 Å². The first-order valence-electron chi connectivity index (χ1n) is 8.45. The van der Waals surface area contributed by atoms with Crippen LogP contribution in [0.5, 0.6) is 11.5 Å². The molecule has 0 saturated heterocycles. The molecule has 1 amide bonds. The Morgan fingerprint density at radius 2 is 2.26 bits per heavy atom. The largest absolute Gasteiger partial charge is 0.504 e. The molecular weight excluding hydrogens is 290 g/mol. The second-order valence-corrected chi connectivity index (χ2v) is 6.16. The highest BCUT2D eigenvalue weighted by Crippen LogP contribution is 2.28. The Balaban J connectivity index is 1.83. The number of benzene rings is 1. The molecule has 0 heterocycles. The van der Waals surface area contributed by atoms with E-state index in [9.17, 15) is 9.90 Å². The van der Waals surface area contributed by atoms with Crippen molar-refractivity contribution >= 4 is 5.91 Å². The third-order valence-corrected chi connectivity index (χ3v) is 4.44. The van der Waals surface area contributed by atoms with Crippen molar-refractivity contribution in [2.75, 3.05) is 7.11 Å². The fraction of sp³-hybridized carbons (Fsp3) is 0.526. The predicted octanol–water partition coefficient (Wildman–Crippen LogP) is 3.93. The van der Waals surface area contributed by atoms with Crippen molar-refractivity contribution < 1.29 is 14.6 Å². The van der Waals surface area contributed by atoms with E-state index in [4.69, 9.17) is 4.74 Å². The normalized spacial score (nSPS) is 17.5. The molecule has 0 fully saturated rings. The van der Waals surface area contributed by atoms with Gasteiger partial charge in [-0.2, -0.15) is 0 Å². The summed E-state index contributed by atoms with van der Waals surface area (Å²) < 4.78 is 5.08. The lowest BCUT2D eigenvalue weighted by molar-refractivity contribution is -0.125. The maximum Gasteiger partial charge on any atom is 0.223 e. The lowest BCUT2D eigenvalue weighted by atomic mass is 9.87. The number of rotatable bonds is 7. The Morgan fingerprint density at radius 3 is 2.91 bits per heavy atom. The molecule has 0 saturated carbocycles. The van der Waals surface area contributed by atoms with E-state index in [1.54, 1.807) is 18.2 Å². The van der Waals surface area contributed by atoms with Crippen LogP contribution in [0.2, 0.25) is 0 Å². The fourth-order valence-electron chi connectivity index (χ4n) is 2.92. The van der Waals surface area contributed by atoms with Gasteiger partial charge in [-0.3, -0.25) is 4.79 Å². The molecule has 0 radical (unpaired) electrons. The molecule has 2 N–H and O–H groups in total. The highest BCUT2D eigenvalue weighted by molar-refractivity contribution is 5.79. The first-order chi connectivity index (χ1) is 11.1. The average molecular weight is 317 g/mol. The molecule has 1 aromatic rings. The van der Waals surface area contributed by atoms with Gasteiger partial charge in [-0.05, 0) is 49.8 Å². The summed E-state index contributed by atoms with van der Waals surface area (Å²) in [5, 5.41) is 12.6. The standard InChI is InChI=1S/C19H27NO3/c1-3-4-5-14-6-9-16(10-7-14)19(22)20-13-15-8-11-17(21)18(12-15)23-2/h6,8,11-12,16,21H,3-5,7,9-10,13H2,1-2H3,(H,20,22). The average Bonchev–Trinajstić information content (AvgIpc) is 2.59. The quantitative estimate of drug-likeness (QED) is 0.749. The monoisotopic (exact) mass is 317 g/mol. The van der Waals surface area contributed by atoms with Crippen LogP contribution < -0.4 is 10.1 Å². The van der Waals surface area contributed by atoms with Crippen LogP contribution >= 0.6 is 0 Å². The zero-order chi connectivity index (χ0) is 16.7. The molecule has 2 rings (SSSR count). The van der Waals surface area contributed by atoms with Crippen LogP contribution in [-0.4, -0.2) is 18.1 Å². The molecular formula is C19H27NO3. The van der Waals surface area contributed by atoms with E-state index in [2.05, 4.69) is 18.3 Å². The van der Waals surface area contributed by atoms with Crippen LogP contribution in [-0.2, 0) is 11.3 Å². The third kappa shape index (κ3) is 5.02. The van der Waals surface area contributed by atoms with Crippen molar-refractivity contribution in [1.82, 2.24) is 5.32 Å². The number of amides is 1. The molecule has 1 atom stereocenters. The molecule has 0 spiro atoms. The highest BCUT2D eigenvalue weighted by atomic mass is 16.5. The van der Waals surface area contributed by atoms with Crippen LogP contribution in [0.1, 0.15) is 51.0 Å². The minimum atomic E-state index is 0.0828. The lowest BCUT2D eigenvalue weighted by Crippen LogP contribution is -2.31. The van der Waals surface area contributed by atoms with Crippen LogP contribution in [0.25, 0.3) is 0 Å². The maximum absolute atomic E-state index is 12.3. The fourth-order valence-corrected chi connectivity index (χ4v) is 2.92. The number of carbonyl (C=O) groups is 1. The van der Waals surface area contributed by atoms with Gasteiger partial charge in [0.2, 0.25) is 5.91 Å². The summed E-state index contributed by atoms with van der Waals surface area (Å²) in [6, 6.07) is 5.13. The lowest BCUT2D eigenvalue weighted by Gasteiger charge is -2.21. The van der Waals surface area contributed by atoms with Crippen molar-refractivity contribution in [1.29, 1.82) is 0 Å². The zero-order valence-corrected chi connectivity index (χ0v) is 14.1. The predicted molar refractivity (Wildman–Crippen MR) is 91.5 cm³/mol. The summed E-state index contributed by atoms with van der Waals surface area (Å²) in [6.07, 6.45) is 8.74. The van der Waals surface area contributed by atoms with Gasteiger partial charge in [0, 0.05) is 12.5 Å². The molecule has 0 aromatic heterocycles. The van der Waals surface area contributed by atoms with Gasteiger partial charge < -0.3 is 15.2 Å². The number of allylic oxidation sites excluding steroid dienone is 2. The van der Waals surface area contributed by atoms with E-state index in [1.807, 2.05) is 0 Å². The number of methoxy groups -OCH3 is 1. The number of phenolic OH excluding ortho intramolecular Hbond substituents is 1. The van der Waals surface area contributed by atoms with Crippen LogP contribution in [0, 0.1) is 5.92 Å². The third-order valence-electron chi connectivity index (χ3n) is 4.44. The van der Waals surface area contributed by atoms with Crippen molar-refractivity contribution in [3.8, 4) is 11.5 Å². The number of ether oxygens (including phenoxy) is 1. The first kappa shape index (κ1) is 17.4. The van der Waals surface area contributed by atoms with E-state index in [-0.39, 0.29) is 17.6 Å². The van der Waals surface area contributed by atoms with Gasteiger partial charge in [-0.1, -0.05) is 31.1 Å². The summed E-state index contributed by atoms with van der Waals surface area (Å²) in [5.41, 5.74) is 2.43. The molecule has 0 aliphatic heterocycles. The van der Waals surface area contributed by atoms with E-state index in [0.29, 0.717) is 12.3 Å². The number of hydrogen-bond donors (Lipinski definition) is 2. The zero-order valence-electron chi connectivity index (χ0n) is 14.1. The Hall–Kier alpha value is -1.97. The van der Waals surface area contributed by atoms with Gasteiger partial charge in [0.05, 0.1) is 7.11 Å². The van der Waals surface area contributed by atoms with Gasteiger partial charge in [-0.15, -0.1) is 0 Å². The molecule has 1 unspecified atom stereocenters. The summed E-state index contributed by atoms with van der Waals surface area (Å²) in [5.74, 6) is 0.736. The van der Waals surface area contributed by atoms with Gasteiger partial charge in [-0.25, -0.2) is 0 Å². The van der Waals surface area contributed by atoms with Crippen LogP contribution in [0.4, 0.5) is 0 Å². The number of hydrogen-bond acceptors (Lipinski definition) is 3. The van der Waals surface area contributed by atoms with Gasteiger partial charge in [0.25, 0.3) is 0 Å². The van der Waals surface area contributed by atoms with Crippen LogP contribution in [0.3, 0.4) is 0 Å². The number of unbranched alkanes of at least 4 members (excludes halogenated alkanes) is 1. The Bertz CT molecular complexity index is 566. The Labute approximate surface area is 138 Å². The molecule has 1 aliphatic carbocycles. The number of aromatic hydroxyl groups is 1. The highest BCUT2D eigenvalue weighted by Gasteiger charge is 2.21. The smallest absolute Gasteiger partial charge is 0.223 e. The van der Waals surface area contributed by atoms with Crippen LogP contribution in [0.15, 0.2) is 29.8 Å². The summed E-state index contributed by atoms with van der Waals surface area (Å²) in [4.78, 5) is 12.3. The van der Waals surface area contributed by atoms with Crippen molar-refractivity contribution in [2.45, 2.75) is 52.0 Å². The summed E-state index contributed by atoms with van der Waals surface area (Å²) in [7, 11) is 1.52. The van der Waals surface area contributed by atoms with E-state index >= 15 is 0 Å². The first-order valence-corrected chi connectivity index (χ1v) is 8.45. The number of carbonyl (C=O) groups excluding carboxylic acids is 1. The number of phenols is 1. The SMILES string of the molecule is CCCCC1=CCC(C(=O)NCc2ccc(O)c(OC)c2)CC1. The van der Waals surface area contributed by atoms with E-state index in [0.717, 1.165) is 24.8 Å².